The van der Waals surface area contributed by atoms with Crippen LogP contribution >= 0.6 is 15.9 Å². The van der Waals surface area contributed by atoms with E-state index < -0.39 is 0 Å². The molecule has 0 heterocycles. The highest BCUT2D eigenvalue weighted by atomic mass is 79.9. The predicted molar refractivity (Wildman–Crippen MR) is 69.0 cm³/mol. The van der Waals surface area contributed by atoms with Crippen LogP contribution < -0.4 is 5.73 Å². The van der Waals surface area contributed by atoms with E-state index in [1.54, 1.807) is 0 Å². The zero-order chi connectivity index (χ0) is 12.1. The average molecular weight is 285 g/mol. The summed E-state index contributed by atoms with van der Waals surface area (Å²) in [4.78, 5) is 13.6. The lowest BCUT2D eigenvalue weighted by Crippen LogP contribution is -2.37. The topological polar surface area (TPSA) is 46.3 Å². The van der Waals surface area contributed by atoms with Crippen LogP contribution in [0.25, 0.3) is 0 Å². The quantitative estimate of drug-likeness (QED) is 0.902. The summed E-state index contributed by atoms with van der Waals surface area (Å²) in [5.41, 5.74) is 6.41. The van der Waals surface area contributed by atoms with Crippen molar-refractivity contribution in [3.05, 3.63) is 34.3 Å². The van der Waals surface area contributed by atoms with Crippen LogP contribution in [0, 0.1) is 0 Å². The Kier molecular flexibility index (Phi) is 4.96. The van der Waals surface area contributed by atoms with E-state index in [0.717, 1.165) is 23.1 Å². The smallest absolute Gasteiger partial charge is 0.239 e. The molecule has 0 spiro atoms. The molecule has 1 atom stereocenters. The van der Waals surface area contributed by atoms with E-state index in [9.17, 15) is 4.79 Å². The second-order valence-electron chi connectivity index (χ2n) is 3.58. The van der Waals surface area contributed by atoms with Gasteiger partial charge in [0.05, 0.1) is 0 Å². The lowest BCUT2D eigenvalue weighted by molar-refractivity contribution is -0.123. The summed E-state index contributed by atoms with van der Waals surface area (Å²) >= 11 is 3.40. The maximum atomic E-state index is 11.5. The van der Waals surface area contributed by atoms with Gasteiger partial charge < -0.3 is 5.73 Å². The lowest BCUT2D eigenvalue weighted by atomic mass is 10.0. The Labute approximate surface area is 105 Å². The predicted octanol–water partition coefficient (Wildman–Crippen LogP) is 2.32. The highest BCUT2D eigenvalue weighted by molar-refractivity contribution is 9.10. The molecule has 0 aliphatic rings. The Balaban J connectivity index is 3.06. The number of hydrogen-bond donors (Lipinski definition) is 1. The summed E-state index contributed by atoms with van der Waals surface area (Å²) in [5.74, 6) is -0.304. The zero-order valence-corrected chi connectivity index (χ0v) is 11.2. The van der Waals surface area contributed by atoms with Gasteiger partial charge in [-0.05, 0) is 30.8 Å². The summed E-state index contributed by atoms with van der Waals surface area (Å²) in [6, 6.07) is 7.38. The molecule has 0 fully saturated rings. The van der Waals surface area contributed by atoms with Crippen LogP contribution in [-0.2, 0) is 4.79 Å². The normalized spacial score (nSPS) is 12.8. The van der Waals surface area contributed by atoms with E-state index in [4.69, 9.17) is 5.73 Å². The maximum Gasteiger partial charge on any atom is 0.239 e. The summed E-state index contributed by atoms with van der Waals surface area (Å²) in [5, 5.41) is 0. The number of carbonyl (C=O) groups excluding carboxylic acids is 1. The van der Waals surface area contributed by atoms with E-state index in [1.165, 1.54) is 0 Å². The fourth-order valence-electron chi connectivity index (χ4n) is 1.82. The average Bonchev–Trinajstić information content (AvgIpc) is 2.24. The van der Waals surface area contributed by atoms with Gasteiger partial charge in [-0.2, -0.15) is 0 Å². The van der Waals surface area contributed by atoms with Gasteiger partial charge in [0.2, 0.25) is 5.91 Å². The van der Waals surface area contributed by atoms with Gasteiger partial charge in [0.25, 0.3) is 0 Å². The Morgan fingerprint density at radius 3 is 2.50 bits per heavy atom. The Morgan fingerprint density at radius 1 is 1.44 bits per heavy atom. The van der Waals surface area contributed by atoms with Crippen molar-refractivity contribution in [1.82, 2.24) is 4.90 Å². The van der Waals surface area contributed by atoms with E-state index in [2.05, 4.69) is 15.9 Å². The van der Waals surface area contributed by atoms with Crippen molar-refractivity contribution in [1.29, 1.82) is 0 Å². The highest BCUT2D eigenvalue weighted by Crippen LogP contribution is 2.23. The third-order valence-electron chi connectivity index (χ3n) is 2.61. The molecule has 1 unspecified atom stereocenters. The molecular weight excluding hydrogens is 268 g/mol. The molecule has 2 N–H and O–H groups in total. The molecule has 16 heavy (non-hydrogen) atoms. The molecule has 1 rings (SSSR count). The Morgan fingerprint density at radius 2 is 2.06 bits per heavy atom. The minimum absolute atomic E-state index is 0.304. The standard InChI is InChI=1S/C12H17BrN2O/c1-3-15(4-2)11(12(14)16)9-6-5-7-10(13)8-9/h5-8,11H,3-4H2,1-2H3,(H2,14,16). The molecule has 3 nitrogen and oxygen atoms in total. The fourth-order valence-corrected chi connectivity index (χ4v) is 2.24. The van der Waals surface area contributed by atoms with Crippen LogP contribution in [0.4, 0.5) is 0 Å². The first-order chi connectivity index (χ1) is 7.60. The minimum atomic E-state index is -0.340. The maximum absolute atomic E-state index is 11.5. The molecule has 1 aromatic carbocycles. The molecular formula is C12H17BrN2O. The van der Waals surface area contributed by atoms with Crippen molar-refractivity contribution >= 4 is 21.8 Å². The molecule has 0 aromatic heterocycles. The Bertz CT molecular complexity index is 364. The first kappa shape index (κ1) is 13.2. The van der Waals surface area contributed by atoms with Crippen molar-refractivity contribution < 1.29 is 4.79 Å². The molecule has 0 saturated heterocycles. The van der Waals surface area contributed by atoms with Gasteiger partial charge in [0, 0.05) is 4.47 Å². The highest BCUT2D eigenvalue weighted by Gasteiger charge is 2.23. The van der Waals surface area contributed by atoms with Crippen LogP contribution in [0.5, 0.6) is 0 Å². The molecule has 0 aliphatic carbocycles. The van der Waals surface area contributed by atoms with Gasteiger partial charge in [-0.15, -0.1) is 0 Å². The van der Waals surface area contributed by atoms with Crippen LogP contribution in [-0.4, -0.2) is 23.9 Å². The van der Waals surface area contributed by atoms with E-state index in [-0.39, 0.29) is 11.9 Å². The van der Waals surface area contributed by atoms with Crippen molar-refractivity contribution in [3.8, 4) is 0 Å². The minimum Gasteiger partial charge on any atom is -0.368 e. The van der Waals surface area contributed by atoms with Gasteiger partial charge >= 0.3 is 0 Å². The summed E-state index contributed by atoms with van der Waals surface area (Å²) < 4.78 is 0.961. The zero-order valence-electron chi connectivity index (χ0n) is 9.61. The largest absolute Gasteiger partial charge is 0.368 e. The summed E-state index contributed by atoms with van der Waals surface area (Å²) in [7, 11) is 0. The molecule has 0 bridgehead atoms. The van der Waals surface area contributed by atoms with Gasteiger partial charge in [0.15, 0.2) is 0 Å². The molecule has 0 aliphatic heterocycles. The van der Waals surface area contributed by atoms with Crippen LogP contribution in [0.15, 0.2) is 28.7 Å². The number of nitrogens with zero attached hydrogens (tertiary/aromatic N) is 1. The summed E-state index contributed by atoms with van der Waals surface area (Å²) in [6.07, 6.45) is 0. The van der Waals surface area contributed by atoms with Crippen LogP contribution in [0.2, 0.25) is 0 Å². The van der Waals surface area contributed by atoms with E-state index in [1.807, 2.05) is 43.0 Å². The van der Waals surface area contributed by atoms with Gasteiger partial charge in [-0.3, -0.25) is 9.69 Å². The second kappa shape index (κ2) is 6.01. The number of likely N-dealkylation sites (N-methyl/N-ethyl adjacent to an activating group) is 1. The molecule has 0 radical (unpaired) electrons. The molecule has 88 valence electrons. The Hall–Kier alpha value is -0.870. The molecule has 4 heteroatoms. The van der Waals surface area contributed by atoms with Crippen LogP contribution in [0.1, 0.15) is 25.5 Å². The first-order valence-electron chi connectivity index (χ1n) is 5.39. The lowest BCUT2D eigenvalue weighted by Gasteiger charge is -2.27. The SMILES string of the molecule is CCN(CC)C(C(N)=O)c1cccc(Br)c1. The van der Waals surface area contributed by atoms with Crippen LogP contribution in [0.3, 0.4) is 0 Å². The number of halogens is 1. The van der Waals surface area contributed by atoms with E-state index >= 15 is 0 Å². The van der Waals surface area contributed by atoms with Crippen molar-refractivity contribution in [2.75, 3.05) is 13.1 Å². The molecule has 0 saturated carbocycles. The fraction of sp³-hybridized carbons (Fsp3) is 0.417. The number of benzene rings is 1. The number of hydrogen-bond acceptors (Lipinski definition) is 2. The number of carbonyl (C=O) groups is 1. The first-order valence-corrected chi connectivity index (χ1v) is 6.18. The van der Waals surface area contributed by atoms with Gasteiger partial charge in [-0.25, -0.2) is 0 Å². The second-order valence-corrected chi connectivity index (χ2v) is 4.50. The summed E-state index contributed by atoms with van der Waals surface area (Å²) in [6.45, 7) is 5.65. The third-order valence-corrected chi connectivity index (χ3v) is 3.10. The number of primary amides is 1. The van der Waals surface area contributed by atoms with Crippen molar-refractivity contribution in [2.45, 2.75) is 19.9 Å². The number of amides is 1. The molecule has 1 amide bonds. The number of nitrogens with two attached hydrogens (primary N) is 1. The van der Waals surface area contributed by atoms with Gasteiger partial charge in [-0.1, -0.05) is 41.9 Å². The number of rotatable bonds is 5. The van der Waals surface area contributed by atoms with E-state index in [0.29, 0.717) is 0 Å². The van der Waals surface area contributed by atoms with Crippen molar-refractivity contribution in [3.63, 3.8) is 0 Å². The van der Waals surface area contributed by atoms with Crippen molar-refractivity contribution in [2.24, 2.45) is 5.73 Å². The third kappa shape index (κ3) is 3.06. The molecule has 1 aromatic rings. The van der Waals surface area contributed by atoms with Gasteiger partial charge in [0.1, 0.15) is 6.04 Å². The monoisotopic (exact) mass is 284 g/mol.